The summed E-state index contributed by atoms with van der Waals surface area (Å²) >= 11 is 0. The van der Waals surface area contributed by atoms with Crippen LogP contribution in [0.3, 0.4) is 0 Å². The molecule has 19 heavy (non-hydrogen) atoms. The summed E-state index contributed by atoms with van der Waals surface area (Å²) in [6.45, 7) is 7.91. The molecule has 1 unspecified atom stereocenters. The molecule has 1 aliphatic rings. The van der Waals surface area contributed by atoms with Gasteiger partial charge in [-0.15, -0.1) is 0 Å². The Morgan fingerprint density at radius 3 is 2.32 bits per heavy atom. The maximum absolute atomic E-state index is 6.02. The molecule has 0 aromatic heterocycles. The van der Waals surface area contributed by atoms with Crippen LogP contribution in [0.15, 0.2) is 24.3 Å². The largest absolute Gasteiger partial charge is 0.368 e. The van der Waals surface area contributed by atoms with Gasteiger partial charge < -0.3 is 10.6 Å². The SMILES string of the molecule is CCC(N)Cc1ccc(N(CC(C)C)C2CC2)cc1. The van der Waals surface area contributed by atoms with Crippen LogP contribution in [-0.4, -0.2) is 18.6 Å². The van der Waals surface area contributed by atoms with Gasteiger partial charge in [0.2, 0.25) is 0 Å². The lowest BCUT2D eigenvalue weighted by atomic mass is 10.0. The van der Waals surface area contributed by atoms with Crippen molar-refractivity contribution in [2.24, 2.45) is 11.7 Å². The summed E-state index contributed by atoms with van der Waals surface area (Å²) < 4.78 is 0. The molecule has 1 aromatic rings. The van der Waals surface area contributed by atoms with E-state index in [4.69, 9.17) is 5.73 Å². The number of anilines is 1. The Morgan fingerprint density at radius 1 is 1.21 bits per heavy atom. The Kier molecular flexibility index (Phi) is 4.87. The Bertz CT molecular complexity index is 379. The van der Waals surface area contributed by atoms with E-state index in [1.54, 1.807) is 0 Å². The highest BCUT2D eigenvalue weighted by atomic mass is 15.2. The van der Waals surface area contributed by atoms with Crippen molar-refractivity contribution in [1.29, 1.82) is 0 Å². The van der Waals surface area contributed by atoms with E-state index in [1.807, 2.05) is 0 Å². The summed E-state index contributed by atoms with van der Waals surface area (Å²) in [7, 11) is 0. The van der Waals surface area contributed by atoms with Crippen LogP contribution < -0.4 is 10.6 Å². The van der Waals surface area contributed by atoms with Crippen molar-refractivity contribution < 1.29 is 0 Å². The van der Waals surface area contributed by atoms with E-state index in [9.17, 15) is 0 Å². The molecule has 0 bridgehead atoms. The fourth-order valence-electron chi connectivity index (χ4n) is 2.52. The molecular weight excluding hydrogens is 232 g/mol. The maximum Gasteiger partial charge on any atom is 0.0368 e. The van der Waals surface area contributed by atoms with Crippen LogP contribution in [0.2, 0.25) is 0 Å². The van der Waals surface area contributed by atoms with Gasteiger partial charge in [0.15, 0.2) is 0 Å². The predicted octanol–water partition coefficient (Wildman–Crippen LogP) is 3.59. The quantitative estimate of drug-likeness (QED) is 0.811. The van der Waals surface area contributed by atoms with E-state index in [-0.39, 0.29) is 0 Å². The van der Waals surface area contributed by atoms with Gasteiger partial charge in [-0.05, 0) is 49.3 Å². The molecule has 2 nitrogen and oxygen atoms in total. The lowest BCUT2D eigenvalue weighted by molar-refractivity contribution is 0.607. The van der Waals surface area contributed by atoms with Crippen LogP contribution in [0.5, 0.6) is 0 Å². The number of benzene rings is 1. The lowest BCUT2D eigenvalue weighted by Crippen LogP contribution is -2.29. The minimum Gasteiger partial charge on any atom is -0.368 e. The zero-order valence-corrected chi connectivity index (χ0v) is 12.6. The van der Waals surface area contributed by atoms with Crippen molar-refractivity contribution in [2.45, 2.75) is 58.5 Å². The Labute approximate surface area is 118 Å². The molecule has 0 radical (unpaired) electrons. The molecule has 2 N–H and O–H groups in total. The van der Waals surface area contributed by atoms with E-state index < -0.39 is 0 Å². The van der Waals surface area contributed by atoms with Gasteiger partial charge in [0.05, 0.1) is 0 Å². The molecule has 0 saturated heterocycles. The fourth-order valence-corrected chi connectivity index (χ4v) is 2.52. The zero-order chi connectivity index (χ0) is 13.8. The minimum absolute atomic E-state index is 0.293. The number of nitrogens with two attached hydrogens (primary N) is 1. The molecule has 0 amide bonds. The van der Waals surface area contributed by atoms with Gasteiger partial charge in [0.1, 0.15) is 0 Å². The third-order valence-corrected chi connectivity index (χ3v) is 3.84. The van der Waals surface area contributed by atoms with E-state index in [0.29, 0.717) is 12.0 Å². The third-order valence-electron chi connectivity index (χ3n) is 3.84. The smallest absolute Gasteiger partial charge is 0.0368 e. The van der Waals surface area contributed by atoms with Crippen LogP contribution >= 0.6 is 0 Å². The molecule has 106 valence electrons. The number of hydrogen-bond donors (Lipinski definition) is 1. The second kappa shape index (κ2) is 6.42. The standard InChI is InChI=1S/C17H28N2/c1-4-15(18)11-14-5-7-16(8-6-14)19(12-13(2)3)17-9-10-17/h5-8,13,15,17H,4,9-12,18H2,1-3H3. The monoisotopic (exact) mass is 260 g/mol. The number of rotatable bonds is 7. The molecular formula is C17H28N2. The zero-order valence-electron chi connectivity index (χ0n) is 12.6. The first-order valence-electron chi connectivity index (χ1n) is 7.71. The molecule has 2 rings (SSSR count). The summed E-state index contributed by atoms with van der Waals surface area (Å²) in [6, 6.07) is 10.1. The van der Waals surface area contributed by atoms with Crippen LogP contribution in [0.25, 0.3) is 0 Å². The molecule has 1 fully saturated rings. The lowest BCUT2D eigenvalue weighted by Gasteiger charge is -2.27. The Morgan fingerprint density at radius 2 is 1.84 bits per heavy atom. The fraction of sp³-hybridized carbons (Fsp3) is 0.647. The summed E-state index contributed by atoms with van der Waals surface area (Å²) in [4.78, 5) is 2.58. The first-order valence-corrected chi connectivity index (χ1v) is 7.71. The van der Waals surface area contributed by atoms with Gasteiger partial charge in [0.25, 0.3) is 0 Å². The first kappa shape index (κ1) is 14.4. The van der Waals surface area contributed by atoms with Crippen LogP contribution in [-0.2, 0) is 6.42 Å². The number of hydrogen-bond acceptors (Lipinski definition) is 2. The summed E-state index contributed by atoms with van der Waals surface area (Å²) in [5, 5.41) is 0. The first-order chi connectivity index (χ1) is 9.10. The molecule has 1 saturated carbocycles. The summed E-state index contributed by atoms with van der Waals surface area (Å²) in [6.07, 6.45) is 4.75. The molecule has 0 heterocycles. The molecule has 0 aliphatic heterocycles. The van der Waals surface area contributed by atoms with Gasteiger partial charge in [0, 0.05) is 24.3 Å². The van der Waals surface area contributed by atoms with E-state index in [0.717, 1.165) is 18.9 Å². The van der Waals surface area contributed by atoms with Crippen molar-refractivity contribution in [1.82, 2.24) is 0 Å². The van der Waals surface area contributed by atoms with Crippen LogP contribution in [0.1, 0.15) is 45.6 Å². The van der Waals surface area contributed by atoms with E-state index in [2.05, 4.69) is 49.9 Å². The van der Waals surface area contributed by atoms with Gasteiger partial charge in [-0.1, -0.05) is 32.9 Å². The second-order valence-corrected chi connectivity index (χ2v) is 6.32. The third kappa shape index (κ3) is 4.24. The van der Waals surface area contributed by atoms with Crippen LogP contribution in [0, 0.1) is 5.92 Å². The predicted molar refractivity (Wildman–Crippen MR) is 83.6 cm³/mol. The summed E-state index contributed by atoms with van der Waals surface area (Å²) in [5.74, 6) is 0.716. The van der Waals surface area contributed by atoms with Gasteiger partial charge in [-0.2, -0.15) is 0 Å². The van der Waals surface area contributed by atoms with Crippen molar-refractivity contribution in [3.8, 4) is 0 Å². The Hall–Kier alpha value is -1.02. The summed E-state index contributed by atoms with van der Waals surface area (Å²) in [5.41, 5.74) is 8.76. The van der Waals surface area contributed by atoms with E-state index in [1.165, 1.54) is 30.6 Å². The molecule has 0 spiro atoms. The normalized spacial score (nSPS) is 16.7. The molecule has 2 heteroatoms. The van der Waals surface area contributed by atoms with Crippen LogP contribution in [0.4, 0.5) is 5.69 Å². The van der Waals surface area contributed by atoms with Crippen molar-refractivity contribution >= 4 is 5.69 Å². The molecule has 1 aliphatic carbocycles. The van der Waals surface area contributed by atoms with Gasteiger partial charge in [-0.25, -0.2) is 0 Å². The minimum atomic E-state index is 0.293. The Balaban J connectivity index is 2.03. The van der Waals surface area contributed by atoms with Gasteiger partial charge >= 0.3 is 0 Å². The molecule has 1 atom stereocenters. The van der Waals surface area contributed by atoms with Crippen molar-refractivity contribution in [3.05, 3.63) is 29.8 Å². The molecule has 1 aromatic carbocycles. The second-order valence-electron chi connectivity index (χ2n) is 6.32. The topological polar surface area (TPSA) is 29.3 Å². The van der Waals surface area contributed by atoms with E-state index >= 15 is 0 Å². The highest BCUT2D eigenvalue weighted by Gasteiger charge is 2.29. The average Bonchev–Trinajstić information content (AvgIpc) is 3.21. The average molecular weight is 260 g/mol. The highest BCUT2D eigenvalue weighted by molar-refractivity contribution is 5.50. The van der Waals surface area contributed by atoms with Crippen molar-refractivity contribution in [3.63, 3.8) is 0 Å². The number of nitrogens with zero attached hydrogens (tertiary/aromatic N) is 1. The van der Waals surface area contributed by atoms with Crippen molar-refractivity contribution in [2.75, 3.05) is 11.4 Å². The van der Waals surface area contributed by atoms with Gasteiger partial charge in [-0.3, -0.25) is 0 Å². The maximum atomic E-state index is 6.02. The highest BCUT2D eigenvalue weighted by Crippen LogP contribution is 2.32.